The summed E-state index contributed by atoms with van der Waals surface area (Å²) < 4.78 is 45.5. The van der Waals surface area contributed by atoms with Gasteiger partial charge in [-0.05, 0) is 62.9 Å². The molecule has 172 valence electrons. The molecule has 2 heterocycles. The van der Waals surface area contributed by atoms with Crippen LogP contribution in [0.5, 0.6) is 5.75 Å². The van der Waals surface area contributed by atoms with Gasteiger partial charge in [0.15, 0.2) is 0 Å². The number of carbonyl (C=O) groups excluding carboxylic acids is 1. The number of alkyl halides is 3. The van der Waals surface area contributed by atoms with E-state index in [0.717, 1.165) is 28.7 Å². The highest BCUT2D eigenvalue weighted by Crippen LogP contribution is 2.27. The van der Waals surface area contributed by atoms with Crippen LogP contribution < -0.4 is 10.1 Å². The Morgan fingerprint density at radius 1 is 1.19 bits per heavy atom. The summed E-state index contributed by atoms with van der Waals surface area (Å²) in [6, 6.07) is 5.49. The first-order valence-electron chi connectivity index (χ1n) is 10.4. The lowest BCUT2D eigenvalue weighted by Gasteiger charge is -2.13. The predicted octanol–water partition coefficient (Wildman–Crippen LogP) is 4.82. The van der Waals surface area contributed by atoms with E-state index in [9.17, 15) is 18.0 Å². The summed E-state index contributed by atoms with van der Waals surface area (Å²) in [7, 11) is 0. The monoisotopic (exact) mass is 449 g/mol. The Morgan fingerprint density at radius 2 is 1.94 bits per heavy atom. The van der Waals surface area contributed by atoms with Crippen LogP contribution >= 0.6 is 0 Å². The lowest BCUT2D eigenvalue weighted by atomic mass is 10.1. The number of nitrogens with zero attached hydrogens (tertiary/aromatic N) is 4. The summed E-state index contributed by atoms with van der Waals surface area (Å²) >= 11 is 0. The van der Waals surface area contributed by atoms with Crippen LogP contribution in [0.15, 0.2) is 18.2 Å². The molecule has 10 heteroatoms. The quantitative estimate of drug-likeness (QED) is 0.499. The predicted molar refractivity (Wildman–Crippen MR) is 114 cm³/mol. The maximum absolute atomic E-state index is 12.9. The second-order valence-electron chi connectivity index (χ2n) is 7.63. The van der Waals surface area contributed by atoms with E-state index < -0.39 is 12.0 Å². The number of halogens is 3. The van der Waals surface area contributed by atoms with Crippen molar-refractivity contribution >= 4 is 17.4 Å². The molecule has 2 aromatic heterocycles. The number of hydrogen-bond donors (Lipinski definition) is 1. The molecule has 0 aliphatic rings. The minimum absolute atomic E-state index is 0.114. The average Bonchev–Trinajstić information content (AvgIpc) is 3.15. The topological polar surface area (TPSA) is 81.4 Å². The molecule has 3 rings (SSSR count). The third-order valence-electron chi connectivity index (χ3n) is 5.14. The van der Waals surface area contributed by atoms with Gasteiger partial charge in [-0.2, -0.15) is 18.2 Å². The first kappa shape index (κ1) is 23.5. The summed E-state index contributed by atoms with van der Waals surface area (Å²) in [5, 5.41) is 6.41. The number of nitrogens with one attached hydrogen (secondary N) is 1. The van der Waals surface area contributed by atoms with Crippen LogP contribution in [0, 0.1) is 20.8 Å². The van der Waals surface area contributed by atoms with E-state index in [2.05, 4.69) is 27.3 Å². The number of anilines is 1. The number of fused-ring (bicyclic) bond motifs is 1. The SMILES string of the molecule is CCCCOc1ccc(NC(=O)CCc2c(C)nc3nc(C(F)(F)F)nn3c2C)c(C)c1. The zero-order valence-electron chi connectivity index (χ0n) is 18.5. The van der Waals surface area contributed by atoms with Crippen molar-refractivity contribution in [1.29, 1.82) is 0 Å². The van der Waals surface area contributed by atoms with Crippen LogP contribution in [0.3, 0.4) is 0 Å². The van der Waals surface area contributed by atoms with Gasteiger partial charge < -0.3 is 10.1 Å². The molecule has 7 nitrogen and oxygen atoms in total. The minimum Gasteiger partial charge on any atom is -0.494 e. The Bertz CT molecular complexity index is 1120. The van der Waals surface area contributed by atoms with Gasteiger partial charge in [0, 0.05) is 23.5 Å². The van der Waals surface area contributed by atoms with Gasteiger partial charge in [-0.25, -0.2) is 9.50 Å². The first-order chi connectivity index (χ1) is 15.1. The van der Waals surface area contributed by atoms with Crippen molar-refractivity contribution < 1.29 is 22.7 Å². The molecule has 0 spiro atoms. The molecule has 0 saturated heterocycles. The number of carbonyl (C=O) groups is 1. The molecule has 0 radical (unpaired) electrons. The highest BCUT2D eigenvalue weighted by atomic mass is 19.4. The van der Waals surface area contributed by atoms with Crippen molar-refractivity contribution in [2.24, 2.45) is 0 Å². The molecule has 1 amide bonds. The highest BCUT2D eigenvalue weighted by Gasteiger charge is 2.37. The van der Waals surface area contributed by atoms with E-state index in [-0.39, 0.29) is 18.1 Å². The van der Waals surface area contributed by atoms with Gasteiger partial charge in [-0.1, -0.05) is 13.3 Å². The van der Waals surface area contributed by atoms with Gasteiger partial charge in [0.2, 0.25) is 5.91 Å². The molecule has 32 heavy (non-hydrogen) atoms. The van der Waals surface area contributed by atoms with Gasteiger partial charge in [-0.3, -0.25) is 4.79 Å². The normalized spacial score (nSPS) is 11.7. The number of rotatable bonds is 8. The molecule has 0 atom stereocenters. The maximum Gasteiger partial charge on any atom is 0.453 e. The van der Waals surface area contributed by atoms with Crippen molar-refractivity contribution in [3.63, 3.8) is 0 Å². The molecule has 1 N–H and O–H groups in total. The molecule has 1 aromatic carbocycles. The zero-order valence-corrected chi connectivity index (χ0v) is 18.5. The maximum atomic E-state index is 12.9. The largest absolute Gasteiger partial charge is 0.494 e. The van der Waals surface area contributed by atoms with E-state index >= 15 is 0 Å². The fraction of sp³-hybridized carbons (Fsp3) is 0.455. The van der Waals surface area contributed by atoms with Gasteiger partial charge >= 0.3 is 6.18 Å². The Labute approximate surface area is 184 Å². The van der Waals surface area contributed by atoms with Crippen LogP contribution in [0.1, 0.15) is 54.5 Å². The van der Waals surface area contributed by atoms with E-state index in [4.69, 9.17) is 4.74 Å². The number of hydrogen-bond acceptors (Lipinski definition) is 5. The van der Waals surface area contributed by atoms with Crippen LogP contribution in [0.25, 0.3) is 5.78 Å². The average molecular weight is 449 g/mol. The molecular weight excluding hydrogens is 423 g/mol. The van der Waals surface area contributed by atoms with Crippen molar-refractivity contribution in [2.75, 3.05) is 11.9 Å². The number of unbranched alkanes of at least 4 members (excludes halogenated alkanes) is 1. The number of aromatic nitrogens is 4. The lowest BCUT2D eigenvalue weighted by Crippen LogP contribution is -2.15. The first-order valence-corrected chi connectivity index (χ1v) is 10.4. The Hall–Kier alpha value is -3.17. The number of ether oxygens (including phenoxy) is 1. The van der Waals surface area contributed by atoms with Gasteiger partial charge in [0.1, 0.15) is 5.75 Å². The van der Waals surface area contributed by atoms with Crippen molar-refractivity contribution in [3.8, 4) is 5.75 Å². The summed E-state index contributed by atoms with van der Waals surface area (Å²) in [5.74, 6) is -0.802. The fourth-order valence-corrected chi connectivity index (χ4v) is 3.34. The van der Waals surface area contributed by atoms with Crippen molar-refractivity contribution in [2.45, 2.75) is 59.6 Å². The van der Waals surface area contributed by atoms with E-state index in [1.54, 1.807) is 19.9 Å². The molecule has 0 saturated carbocycles. The van der Waals surface area contributed by atoms with E-state index in [0.29, 0.717) is 35.7 Å². The third-order valence-corrected chi connectivity index (χ3v) is 5.14. The summed E-state index contributed by atoms with van der Waals surface area (Å²) in [5.41, 5.74) is 3.24. The van der Waals surface area contributed by atoms with Gasteiger partial charge in [0.25, 0.3) is 11.6 Å². The molecular formula is C22H26F3N5O2. The number of amides is 1. The standard InChI is InChI=1S/C22H26F3N5O2/c1-5-6-11-32-16-7-9-18(13(2)12-16)27-19(31)10-8-17-14(3)26-21-28-20(22(23,24)25)29-30(21)15(17)4/h7,9,12H,5-6,8,10-11H2,1-4H3,(H,27,31). The second kappa shape index (κ2) is 9.54. The third kappa shape index (κ3) is 5.35. The molecule has 0 aliphatic heterocycles. The lowest BCUT2D eigenvalue weighted by molar-refractivity contribution is -0.144. The van der Waals surface area contributed by atoms with Crippen LogP contribution in [0.4, 0.5) is 18.9 Å². The van der Waals surface area contributed by atoms with Crippen molar-refractivity contribution in [1.82, 2.24) is 19.6 Å². The smallest absolute Gasteiger partial charge is 0.453 e. The summed E-state index contributed by atoms with van der Waals surface area (Å²) in [6.07, 6.45) is -2.17. The zero-order chi connectivity index (χ0) is 23.5. The molecule has 0 unspecified atom stereocenters. The van der Waals surface area contributed by atoms with Crippen LogP contribution in [-0.2, 0) is 17.4 Å². The molecule has 0 fully saturated rings. The van der Waals surface area contributed by atoms with Gasteiger partial charge in [0.05, 0.1) is 6.61 Å². The Kier molecular flexibility index (Phi) is 7.00. The Balaban J connectivity index is 1.68. The highest BCUT2D eigenvalue weighted by molar-refractivity contribution is 5.91. The fourth-order valence-electron chi connectivity index (χ4n) is 3.34. The van der Waals surface area contributed by atoms with Crippen LogP contribution in [0.2, 0.25) is 0 Å². The molecule has 0 aliphatic carbocycles. The number of benzene rings is 1. The molecule has 0 bridgehead atoms. The summed E-state index contributed by atoms with van der Waals surface area (Å²) in [6.45, 7) is 7.96. The van der Waals surface area contributed by atoms with Crippen LogP contribution in [-0.4, -0.2) is 32.1 Å². The van der Waals surface area contributed by atoms with E-state index in [1.165, 1.54) is 0 Å². The summed E-state index contributed by atoms with van der Waals surface area (Å²) in [4.78, 5) is 20.1. The van der Waals surface area contributed by atoms with Crippen molar-refractivity contribution in [3.05, 3.63) is 46.5 Å². The Morgan fingerprint density at radius 3 is 2.59 bits per heavy atom. The second-order valence-corrected chi connectivity index (χ2v) is 7.63. The number of aryl methyl sites for hydroxylation is 3. The van der Waals surface area contributed by atoms with Gasteiger partial charge in [-0.15, -0.1) is 5.10 Å². The molecule has 3 aromatic rings. The minimum atomic E-state index is -4.65. The van der Waals surface area contributed by atoms with E-state index in [1.807, 2.05) is 19.1 Å².